The van der Waals surface area contributed by atoms with Crippen molar-refractivity contribution in [1.29, 1.82) is 0 Å². The molecule has 1 aromatic rings. The lowest BCUT2D eigenvalue weighted by atomic mass is 10.0. The second kappa shape index (κ2) is 5.54. The monoisotopic (exact) mass is 240 g/mol. The van der Waals surface area contributed by atoms with E-state index >= 15 is 0 Å². The van der Waals surface area contributed by atoms with E-state index in [0.717, 1.165) is 5.56 Å². The highest BCUT2D eigenvalue weighted by Crippen LogP contribution is 2.31. The molecule has 0 spiro atoms. The summed E-state index contributed by atoms with van der Waals surface area (Å²) in [6, 6.07) is 3.54. The van der Waals surface area contributed by atoms with E-state index in [1.54, 1.807) is 12.1 Å². The van der Waals surface area contributed by atoms with Crippen LogP contribution >= 0.6 is 0 Å². The molecule has 0 saturated carbocycles. The van der Waals surface area contributed by atoms with Crippen molar-refractivity contribution in [3.05, 3.63) is 23.3 Å². The minimum atomic E-state index is -1.47. The van der Waals surface area contributed by atoms with Crippen molar-refractivity contribution in [3.8, 4) is 11.5 Å². The van der Waals surface area contributed by atoms with Gasteiger partial charge in [0.1, 0.15) is 11.5 Å². The van der Waals surface area contributed by atoms with Crippen LogP contribution in [0.3, 0.4) is 0 Å². The lowest BCUT2D eigenvalue weighted by Gasteiger charge is -2.15. The van der Waals surface area contributed by atoms with Gasteiger partial charge in [0.15, 0.2) is 6.10 Å². The van der Waals surface area contributed by atoms with Gasteiger partial charge in [-0.15, -0.1) is 0 Å². The minimum absolute atomic E-state index is 0.0536. The molecule has 17 heavy (non-hydrogen) atoms. The standard InChI is InChI=1S/C12H16O5/c1-7-4-10(16-2)8(11(5-7)17-3)6-9(13)12(14)15/h4-5,9,13H,6H2,1-3H3,(H,14,15). The van der Waals surface area contributed by atoms with Crippen molar-refractivity contribution >= 4 is 5.97 Å². The average Bonchev–Trinajstić information content (AvgIpc) is 2.30. The maximum atomic E-state index is 10.6. The van der Waals surface area contributed by atoms with Crippen molar-refractivity contribution in [1.82, 2.24) is 0 Å². The zero-order valence-electron chi connectivity index (χ0n) is 10.1. The molecule has 0 aliphatic carbocycles. The van der Waals surface area contributed by atoms with Crippen LogP contribution < -0.4 is 9.47 Å². The third-order valence-electron chi connectivity index (χ3n) is 2.43. The summed E-state index contributed by atoms with van der Waals surface area (Å²) in [5.74, 6) is -0.237. The summed E-state index contributed by atoms with van der Waals surface area (Å²) in [5.41, 5.74) is 1.49. The van der Waals surface area contributed by atoms with E-state index in [1.165, 1.54) is 14.2 Å². The number of methoxy groups -OCH3 is 2. The molecule has 2 N–H and O–H groups in total. The topological polar surface area (TPSA) is 76.0 Å². The lowest BCUT2D eigenvalue weighted by molar-refractivity contribution is -0.146. The van der Waals surface area contributed by atoms with E-state index in [2.05, 4.69) is 0 Å². The summed E-state index contributed by atoms with van der Waals surface area (Å²) in [6.45, 7) is 1.88. The lowest BCUT2D eigenvalue weighted by Crippen LogP contribution is -2.22. The Hall–Kier alpha value is -1.75. The van der Waals surface area contributed by atoms with Crippen LogP contribution in [0, 0.1) is 6.92 Å². The van der Waals surface area contributed by atoms with Crippen LogP contribution in [0.5, 0.6) is 11.5 Å². The van der Waals surface area contributed by atoms with E-state index in [0.29, 0.717) is 17.1 Å². The molecule has 1 aromatic carbocycles. The first kappa shape index (κ1) is 13.3. The van der Waals surface area contributed by atoms with Crippen molar-refractivity contribution in [2.45, 2.75) is 19.4 Å². The van der Waals surface area contributed by atoms with Crippen molar-refractivity contribution < 1.29 is 24.5 Å². The first-order valence-corrected chi connectivity index (χ1v) is 5.12. The van der Waals surface area contributed by atoms with Crippen LogP contribution in [0.4, 0.5) is 0 Å². The highest BCUT2D eigenvalue weighted by molar-refractivity contribution is 5.72. The summed E-state index contributed by atoms with van der Waals surface area (Å²) >= 11 is 0. The Morgan fingerprint density at radius 2 is 1.76 bits per heavy atom. The van der Waals surface area contributed by atoms with Gasteiger partial charge < -0.3 is 19.7 Å². The quantitative estimate of drug-likeness (QED) is 0.803. The molecule has 5 heteroatoms. The fraction of sp³-hybridized carbons (Fsp3) is 0.417. The molecule has 0 fully saturated rings. The zero-order valence-corrected chi connectivity index (χ0v) is 10.1. The first-order valence-electron chi connectivity index (χ1n) is 5.12. The molecule has 1 rings (SSSR count). The van der Waals surface area contributed by atoms with E-state index in [-0.39, 0.29) is 6.42 Å². The normalized spacial score (nSPS) is 12.0. The van der Waals surface area contributed by atoms with Crippen molar-refractivity contribution in [2.24, 2.45) is 0 Å². The van der Waals surface area contributed by atoms with Gasteiger partial charge in [-0.3, -0.25) is 0 Å². The summed E-state index contributed by atoms with van der Waals surface area (Å²) in [5, 5.41) is 18.1. The molecule has 94 valence electrons. The van der Waals surface area contributed by atoms with E-state index in [1.807, 2.05) is 6.92 Å². The van der Waals surface area contributed by atoms with Gasteiger partial charge in [0.2, 0.25) is 0 Å². The van der Waals surface area contributed by atoms with Crippen LogP contribution in [0.1, 0.15) is 11.1 Å². The number of benzene rings is 1. The zero-order chi connectivity index (χ0) is 13.0. The summed E-state index contributed by atoms with van der Waals surface area (Å²) in [7, 11) is 2.98. The smallest absolute Gasteiger partial charge is 0.332 e. The number of ether oxygens (including phenoxy) is 2. The number of carboxylic acids is 1. The highest BCUT2D eigenvalue weighted by Gasteiger charge is 2.20. The summed E-state index contributed by atoms with van der Waals surface area (Å²) < 4.78 is 10.3. The van der Waals surface area contributed by atoms with Gasteiger partial charge >= 0.3 is 5.97 Å². The Balaban J connectivity index is 3.15. The van der Waals surface area contributed by atoms with Crippen LogP contribution in [0.25, 0.3) is 0 Å². The first-order chi connectivity index (χ1) is 7.99. The minimum Gasteiger partial charge on any atom is -0.496 e. The molecule has 0 radical (unpaired) electrons. The Labute approximate surface area is 99.6 Å². The molecule has 0 aromatic heterocycles. The number of carbonyl (C=O) groups is 1. The molecule has 0 amide bonds. The summed E-state index contributed by atoms with van der Waals surface area (Å²) in [6.07, 6.45) is -1.53. The maximum Gasteiger partial charge on any atom is 0.332 e. The molecule has 0 aliphatic rings. The number of carboxylic acid groups (broad SMARTS) is 1. The molecule has 0 saturated heterocycles. The van der Waals surface area contributed by atoms with Gasteiger partial charge in [-0.1, -0.05) is 0 Å². The second-order valence-electron chi connectivity index (χ2n) is 3.71. The van der Waals surface area contributed by atoms with Gasteiger partial charge in [-0.25, -0.2) is 4.79 Å². The molecule has 1 unspecified atom stereocenters. The van der Waals surface area contributed by atoms with Gasteiger partial charge in [-0.2, -0.15) is 0 Å². The predicted molar refractivity (Wildman–Crippen MR) is 61.6 cm³/mol. The van der Waals surface area contributed by atoms with Gasteiger partial charge in [-0.05, 0) is 24.6 Å². The van der Waals surface area contributed by atoms with Crippen LogP contribution in [0.15, 0.2) is 12.1 Å². The molecular formula is C12H16O5. The van der Waals surface area contributed by atoms with Crippen LogP contribution in [0.2, 0.25) is 0 Å². The van der Waals surface area contributed by atoms with Crippen LogP contribution in [-0.2, 0) is 11.2 Å². The molecular weight excluding hydrogens is 224 g/mol. The molecule has 1 atom stereocenters. The average molecular weight is 240 g/mol. The van der Waals surface area contributed by atoms with E-state index in [4.69, 9.17) is 14.6 Å². The SMILES string of the molecule is COc1cc(C)cc(OC)c1CC(O)C(=O)O. The molecule has 0 heterocycles. The largest absolute Gasteiger partial charge is 0.496 e. The maximum absolute atomic E-state index is 10.6. The second-order valence-corrected chi connectivity index (χ2v) is 3.71. The fourth-order valence-corrected chi connectivity index (χ4v) is 1.60. The van der Waals surface area contributed by atoms with Gasteiger partial charge in [0.25, 0.3) is 0 Å². The van der Waals surface area contributed by atoms with Crippen molar-refractivity contribution in [2.75, 3.05) is 14.2 Å². The molecule has 0 bridgehead atoms. The fourth-order valence-electron chi connectivity index (χ4n) is 1.60. The third kappa shape index (κ3) is 3.10. The number of aliphatic hydroxyl groups is 1. The van der Waals surface area contributed by atoms with E-state index < -0.39 is 12.1 Å². The Kier molecular flexibility index (Phi) is 4.34. The number of rotatable bonds is 5. The van der Waals surface area contributed by atoms with Gasteiger partial charge in [0, 0.05) is 12.0 Å². The Morgan fingerprint density at radius 1 is 1.29 bits per heavy atom. The Bertz CT molecular complexity index is 388. The number of aliphatic carboxylic acids is 1. The molecule has 5 nitrogen and oxygen atoms in total. The Morgan fingerprint density at radius 3 is 2.12 bits per heavy atom. The van der Waals surface area contributed by atoms with E-state index in [9.17, 15) is 9.90 Å². The number of hydrogen-bond donors (Lipinski definition) is 2. The number of aliphatic hydroxyl groups excluding tert-OH is 1. The van der Waals surface area contributed by atoms with Gasteiger partial charge in [0.05, 0.1) is 14.2 Å². The summed E-state index contributed by atoms with van der Waals surface area (Å²) in [4.78, 5) is 10.6. The number of hydrogen-bond acceptors (Lipinski definition) is 4. The van der Waals surface area contributed by atoms with Crippen LogP contribution in [-0.4, -0.2) is 36.5 Å². The third-order valence-corrected chi connectivity index (χ3v) is 2.43. The number of aryl methyl sites for hydroxylation is 1. The highest BCUT2D eigenvalue weighted by atomic mass is 16.5. The predicted octanol–water partition coefficient (Wildman–Crippen LogP) is 1.00. The molecule has 0 aliphatic heterocycles. The van der Waals surface area contributed by atoms with Crippen molar-refractivity contribution in [3.63, 3.8) is 0 Å².